The lowest BCUT2D eigenvalue weighted by molar-refractivity contribution is -0.124. The Morgan fingerprint density at radius 3 is 2.35 bits per heavy atom. The van der Waals surface area contributed by atoms with E-state index in [-0.39, 0.29) is 11.8 Å². The van der Waals surface area contributed by atoms with Crippen molar-refractivity contribution in [2.45, 2.75) is 38.3 Å². The molecule has 1 fully saturated rings. The summed E-state index contributed by atoms with van der Waals surface area (Å²) in [5, 5.41) is 14.2. The maximum atomic E-state index is 12.9. The van der Waals surface area contributed by atoms with Crippen LogP contribution in [-0.2, 0) is 17.8 Å². The van der Waals surface area contributed by atoms with Crippen LogP contribution < -0.4 is 5.32 Å². The minimum Gasteiger partial charge on any atom is -0.350 e. The molecular weight excluding hydrogens is 392 g/mol. The number of nitrogens with one attached hydrogen (secondary N) is 1. The molecule has 1 N–H and O–H groups in total. The van der Waals surface area contributed by atoms with Crippen molar-refractivity contribution in [3.8, 4) is 0 Å². The quantitative estimate of drug-likeness (QED) is 0.636. The Kier molecular flexibility index (Phi) is 6.66. The number of likely N-dealkylation sites (tertiary alicyclic amines) is 1. The van der Waals surface area contributed by atoms with Crippen LogP contribution in [0.1, 0.15) is 46.8 Å². The van der Waals surface area contributed by atoms with E-state index >= 15 is 0 Å². The molecule has 0 unspecified atom stereocenters. The normalized spacial score (nSPS) is 14.8. The van der Waals surface area contributed by atoms with Crippen molar-refractivity contribution in [1.82, 2.24) is 30.4 Å². The molecule has 2 heterocycles. The molecule has 1 saturated heterocycles. The first-order chi connectivity index (χ1) is 15.2. The molecule has 0 aliphatic carbocycles. The van der Waals surface area contributed by atoms with Gasteiger partial charge < -0.3 is 10.2 Å². The van der Waals surface area contributed by atoms with Crippen LogP contribution in [0.4, 0.5) is 0 Å². The van der Waals surface area contributed by atoms with E-state index in [4.69, 9.17) is 0 Å². The number of rotatable bonds is 7. The monoisotopic (exact) mass is 418 g/mol. The van der Waals surface area contributed by atoms with E-state index in [1.54, 1.807) is 0 Å². The van der Waals surface area contributed by atoms with Crippen molar-refractivity contribution in [3.63, 3.8) is 0 Å². The first-order valence-electron chi connectivity index (χ1n) is 10.6. The predicted molar refractivity (Wildman–Crippen MR) is 115 cm³/mol. The summed E-state index contributed by atoms with van der Waals surface area (Å²) in [7, 11) is 0. The van der Waals surface area contributed by atoms with Gasteiger partial charge in [-0.2, -0.15) is 0 Å². The fourth-order valence-corrected chi connectivity index (χ4v) is 3.81. The molecule has 8 nitrogen and oxygen atoms in total. The number of piperidine rings is 1. The first kappa shape index (κ1) is 20.7. The van der Waals surface area contributed by atoms with E-state index in [0.29, 0.717) is 18.5 Å². The van der Waals surface area contributed by atoms with Gasteiger partial charge in [-0.05, 0) is 52.9 Å². The second-order valence-corrected chi connectivity index (χ2v) is 7.76. The van der Waals surface area contributed by atoms with Gasteiger partial charge >= 0.3 is 0 Å². The zero-order valence-electron chi connectivity index (χ0n) is 17.4. The minimum absolute atomic E-state index is 0.0805. The standard InChI is InChI=1S/C23H26N6O2/c30-22(21(29-17-25-26-27-29)15-18-7-3-1-4-8-18)24-16-19-9-11-20(12-10-19)23(31)28-13-5-2-6-14-28/h1,3-4,7-12,17,21H,2,5-6,13-16H2,(H,24,30)/t21-/m0/s1. The van der Waals surface area contributed by atoms with Gasteiger partial charge in [-0.25, -0.2) is 4.68 Å². The fourth-order valence-electron chi connectivity index (χ4n) is 3.81. The summed E-state index contributed by atoms with van der Waals surface area (Å²) in [6, 6.07) is 16.7. The molecule has 0 radical (unpaired) electrons. The lowest BCUT2D eigenvalue weighted by Crippen LogP contribution is -2.35. The number of amides is 2. The lowest BCUT2D eigenvalue weighted by atomic mass is 10.1. The van der Waals surface area contributed by atoms with Crippen LogP contribution in [0, 0.1) is 0 Å². The van der Waals surface area contributed by atoms with Gasteiger partial charge in [-0.3, -0.25) is 9.59 Å². The molecule has 0 saturated carbocycles. The van der Waals surface area contributed by atoms with Gasteiger partial charge in [-0.15, -0.1) is 5.10 Å². The minimum atomic E-state index is -0.544. The summed E-state index contributed by atoms with van der Waals surface area (Å²) in [5.74, 6) is -0.0819. The SMILES string of the molecule is O=C(NCc1ccc(C(=O)N2CCCCC2)cc1)[C@H](Cc1ccccc1)n1cnnn1. The van der Waals surface area contributed by atoms with E-state index in [1.165, 1.54) is 17.4 Å². The highest BCUT2D eigenvalue weighted by Gasteiger charge is 2.22. The van der Waals surface area contributed by atoms with E-state index in [1.807, 2.05) is 59.5 Å². The predicted octanol–water partition coefficient (Wildman–Crippen LogP) is 2.40. The zero-order valence-corrected chi connectivity index (χ0v) is 17.4. The average Bonchev–Trinajstić information content (AvgIpc) is 3.37. The summed E-state index contributed by atoms with van der Waals surface area (Å²) in [6.45, 7) is 2.03. The maximum Gasteiger partial charge on any atom is 0.253 e. The highest BCUT2D eigenvalue weighted by atomic mass is 16.2. The number of carbonyl (C=O) groups excluding carboxylic acids is 2. The van der Waals surface area contributed by atoms with Crippen molar-refractivity contribution in [2.75, 3.05) is 13.1 Å². The molecule has 1 aliphatic rings. The molecule has 1 atom stereocenters. The Bertz CT molecular complexity index is 983. The van der Waals surface area contributed by atoms with Gasteiger partial charge in [0, 0.05) is 31.6 Å². The molecule has 2 amide bonds. The Morgan fingerprint density at radius 2 is 1.68 bits per heavy atom. The highest BCUT2D eigenvalue weighted by molar-refractivity contribution is 5.94. The molecule has 160 valence electrons. The number of tetrazole rings is 1. The second kappa shape index (κ2) is 9.97. The number of carbonyl (C=O) groups is 2. The smallest absolute Gasteiger partial charge is 0.253 e. The molecule has 1 aromatic heterocycles. The summed E-state index contributed by atoms with van der Waals surface area (Å²) in [6.07, 6.45) is 5.27. The van der Waals surface area contributed by atoms with Crippen LogP contribution in [0.5, 0.6) is 0 Å². The third-order valence-corrected chi connectivity index (χ3v) is 5.57. The van der Waals surface area contributed by atoms with Gasteiger partial charge in [0.1, 0.15) is 12.4 Å². The van der Waals surface area contributed by atoms with E-state index in [2.05, 4.69) is 20.8 Å². The van der Waals surface area contributed by atoms with Crippen LogP contribution in [0.3, 0.4) is 0 Å². The molecule has 0 spiro atoms. The topological polar surface area (TPSA) is 93.0 Å². The number of benzene rings is 2. The summed E-state index contributed by atoms with van der Waals surface area (Å²) >= 11 is 0. The molecule has 4 rings (SSSR count). The van der Waals surface area contributed by atoms with Crippen LogP contribution >= 0.6 is 0 Å². The summed E-state index contributed by atoms with van der Waals surface area (Å²) < 4.78 is 1.47. The van der Waals surface area contributed by atoms with E-state index < -0.39 is 6.04 Å². The first-order valence-corrected chi connectivity index (χ1v) is 10.6. The van der Waals surface area contributed by atoms with Gasteiger partial charge in [0.25, 0.3) is 5.91 Å². The lowest BCUT2D eigenvalue weighted by Gasteiger charge is -2.26. The maximum absolute atomic E-state index is 12.9. The van der Waals surface area contributed by atoms with Gasteiger partial charge in [0.05, 0.1) is 0 Å². The number of hydrogen-bond donors (Lipinski definition) is 1. The van der Waals surface area contributed by atoms with Crippen molar-refractivity contribution in [1.29, 1.82) is 0 Å². The molecule has 0 bridgehead atoms. The summed E-state index contributed by atoms with van der Waals surface area (Å²) in [5.41, 5.74) is 2.64. The third-order valence-electron chi connectivity index (χ3n) is 5.57. The fraction of sp³-hybridized carbons (Fsp3) is 0.348. The number of hydrogen-bond acceptors (Lipinski definition) is 5. The Labute approximate surface area is 181 Å². The van der Waals surface area contributed by atoms with Crippen LogP contribution in [-0.4, -0.2) is 50.0 Å². The van der Waals surface area contributed by atoms with Gasteiger partial charge in [0.2, 0.25) is 5.91 Å². The zero-order chi connectivity index (χ0) is 21.5. The van der Waals surface area contributed by atoms with Crippen molar-refractivity contribution >= 4 is 11.8 Å². The van der Waals surface area contributed by atoms with Crippen LogP contribution in [0.2, 0.25) is 0 Å². The summed E-state index contributed by atoms with van der Waals surface area (Å²) in [4.78, 5) is 27.4. The second-order valence-electron chi connectivity index (χ2n) is 7.76. The van der Waals surface area contributed by atoms with Crippen LogP contribution in [0.15, 0.2) is 60.9 Å². The largest absolute Gasteiger partial charge is 0.350 e. The number of nitrogens with zero attached hydrogens (tertiary/aromatic N) is 5. The Hall–Kier alpha value is -3.55. The molecule has 8 heteroatoms. The van der Waals surface area contributed by atoms with Crippen molar-refractivity contribution in [2.24, 2.45) is 0 Å². The molecular formula is C23H26N6O2. The van der Waals surface area contributed by atoms with E-state index in [0.717, 1.165) is 37.1 Å². The van der Waals surface area contributed by atoms with Crippen molar-refractivity contribution in [3.05, 3.63) is 77.6 Å². The Morgan fingerprint density at radius 1 is 0.935 bits per heavy atom. The highest BCUT2D eigenvalue weighted by Crippen LogP contribution is 2.15. The van der Waals surface area contributed by atoms with E-state index in [9.17, 15) is 9.59 Å². The molecule has 2 aromatic carbocycles. The van der Waals surface area contributed by atoms with Crippen molar-refractivity contribution < 1.29 is 9.59 Å². The Balaban J connectivity index is 1.37. The van der Waals surface area contributed by atoms with Crippen LogP contribution in [0.25, 0.3) is 0 Å². The molecule has 31 heavy (non-hydrogen) atoms. The average molecular weight is 419 g/mol. The molecule has 1 aliphatic heterocycles. The van der Waals surface area contributed by atoms with Gasteiger partial charge in [-0.1, -0.05) is 42.5 Å². The van der Waals surface area contributed by atoms with Gasteiger partial charge in [0.15, 0.2) is 0 Å². The third kappa shape index (κ3) is 5.33. The number of aromatic nitrogens is 4. The molecule has 3 aromatic rings.